The molecule has 1 aliphatic heterocycles. The summed E-state index contributed by atoms with van der Waals surface area (Å²) in [4.78, 5) is 14.5. The fourth-order valence-electron chi connectivity index (χ4n) is 3.34. The first-order valence-corrected chi connectivity index (χ1v) is 11.5. The highest BCUT2D eigenvalue weighted by molar-refractivity contribution is 7.89. The van der Waals surface area contributed by atoms with Crippen molar-refractivity contribution in [2.24, 2.45) is 0 Å². The standard InChI is InChI=1S/C22H28N2O4S/c1-18-9-11-20(12-10-18)28-17-5-8-22(25)24-15-13-19(14-16-24)23-29(26,27)21-6-3-2-4-7-21/h2-4,6-7,9-12,19,23H,5,8,13-17H2,1H3. The summed E-state index contributed by atoms with van der Waals surface area (Å²) >= 11 is 0. The second-order valence-corrected chi connectivity index (χ2v) is 9.07. The van der Waals surface area contributed by atoms with Gasteiger partial charge in [0.1, 0.15) is 5.75 Å². The van der Waals surface area contributed by atoms with Crippen molar-refractivity contribution in [1.29, 1.82) is 0 Å². The molecular weight excluding hydrogens is 388 g/mol. The summed E-state index contributed by atoms with van der Waals surface area (Å²) < 4.78 is 33.3. The summed E-state index contributed by atoms with van der Waals surface area (Å²) in [6.45, 7) is 3.67. The molecule has 0 spiro atoms. The number of carbonyl (C=O) groups is 1. The van der Waals surface area contributed by atoms with Crippen LogP contribution in [0.5, 0.6) is 5.75 Å². The van der Waals surface area contributed by atoms with Crippen molar-refractivity contribution >= 4 is 15.9 Å². The Hall–Kier alpha value is -2.38. The van der Waals surface area contributed by atoms with Gasteiger partial charge < -0.3 is 9.64 Å². The molecule has 7 heteroatoms. The predicted molar refractivity (Wildman–Crippen MR) is 112 cm³/mol. The van der Waals surface area contributed by atoms with Crippen LogP contribution in [0, 0.1) is 6.92 Å². The Morgan fingerprint density at radius 2 is 1.72 bits per heavy atom. The molecule has 1 amide bonds. The molecule has 0 atom stereocenters. The zero-order valence-corrected chi connectivity index (χ0v) is 17.5. The smallest absolute Gasteiger partial charge is 0.240 e. The number of carbonyl (C=O) groups excluding carboxylic acids is 1. The van der Waals surface area contributed by atoms with Gasteiger partial charge in [-0.25, -0.2) is 13.1 Å². The highest BCUT2D eigenvalue weighted by atomic mass is 32.2. The van der Waals surface area contributed by atoms with Gasteiger partial charge in [-0.2, -0.15) is 0 Å². The van der Waals surface area contributed by atoms with Gasteiger partial charge >= 0.3 is 0 Å². The Kier molecular flexibility index (Phi) is 7.28. The number of nitrogens with one attached hydrogen (secondary N) is 1. The van der Waals surface area contributed by atoms with E-state index >= 15 is 0 Å². The molecule has 1 saturated heterocycles. The summed E-state index contributed by atoms with van der Waals surface area (Å²) in [6.07, 6.45) is 2.34. The molecule has 1 N–H and O–H groups in total. The Balaban J connectivity index is 1.37. The molecule has 0 bridgehead atoms. The van der Waals surface area contributed by atoms with Crippen LogP contribution in [0.15, 0.2) is 59.5 Å². The zero-order valence-electron chi connectivity index (χ0n) is 16.7. The Labute approximate surface area is 172 Å². The molecule has 0 saturated carbocycles. The number of rotatable bonds is 8. The van der Waals surface area contributed by atoms with Crippen LogP contribution in [0.2, 0.25) is 0 Å². The summed E-state index contributed by atoms with van der Waals surface area (Å²) in [5, 5.41) is 0. The number of ether oxygens (including phenoxy) is 1. The maximum atomic E-state index is 12.4. The van der Waals surface area contributed by atoms with Gasteiger partial charge in [0.2, 0.25) is 15.9 Å². The van der Waals surface area contributed by atoms with E-state index in [9.17, 15) is 13.2 Å². The highest BCUT2D eigenvalue weighted by Gasteiger charge is 2.26. The normalized spacial score (nSPS) is 15.3. The lowest BCUT2D eigenvalue weighted by Gasteiger charge is -2.32. The molecule has 0 unspecified atom stereocenters. The number of hydrogen-bond donors (Lipinski definition) is 1. The monoisotopic (exact) mass is 416 g/mol. The van der Waals surface area contributed by atoms with Crippen LogP contribution in [0.25, 0.3) is 0 Å². The molecule has 2 aromatic carbocycles. The third-order valence-corrected chi connectivity index (χ3v) is 6.58. The van der Waals surface area contributed by atoms with Crippen molar-refractivity contribution in [1.82, 2.24) is 9.62 Å². The second-order valence-electron chi connectivity index (χ2n) is 7.35. The van der Waals surface area contributed by atoms with E-state index < -0.39 is 10.0 Å². The van der Waals surface area contributed by atoms with E-state index in [0.717, 1.165) is 5.75 Å². The topological polar surface area (TPSA) is 75.7 Å². The van der Waals surface area contributed by atoms with Crippen LogP contribution in [-0.2, 0) is 14.8 Å². The van der Waals surface area contributed by atoms with Gasteiger partial charge in [0.05, 0.1) is 11.5 Å². The average Bonchev–Trinajstić information content (AvgIpc) is 2.73. The lowest BCUT2D eigenvalue weighted by atomic mass is 10.1. The van der Waals surface area contributed by atoms with Crippen LogP contribution in [-0.4, -0.2) is 45.0 Å². The van der Waals surface area contributed by atoms with Gasteiger partial charge in [-0.15, -0.1) is 0 Å². The number of nitrogens with zero attached hydrogens (tertiary/aromatic N) is 1. The number of piperidine rings is 1. The lowest BCUT2D eigenvalue weighted by Crippen LogP contribution is -2.46. The summed E-state index contributed by atoms with van der Waals surface area (Å²) in [7, 11) is -3.51. The molecule has 6 nitrogen and oxygen atoms in total. The third-order valence-electron chi connectivity index (χ3n) is 5.05. The number of sulfonamides is 1. The molecule has 1 heterocycles. The number of benzene rings is 2. The minimum absolute atomic E-state index is 0.0990. The van der Waals surface area contributed by atoms with Gasteiger partial charge in [0, 0.05) is 25.6 Å². The van der Waals surface area contributed by atoms with Crippen LogP contribution in [0.1, 0.15) is 31.2 Å². The van der Waals surface area contributed by atoms with Crippen LogP contribution in [0.3, 0.4) is 0 Å². The molecule has 1 fully saturated rings. The number of likely N-dealkylation sites (tertiary alicyclic amines) is 1. The highest BCUT2D eigenvalue weighted by Crippen LogP contribution is 2.16. The van der Waals surface area contributed by atoms with Gasteiger partial charge in [-0.05, 0) is 50.5 Å². The summed E-state index contributed by atoms with van der Waals surface area (Å²) in [5.74, 6) is 0.913. The number of amides is 1. The van der Waals surface area contributed by atoms with E-state index in [-0.39, 0.29) is 16.8 Å². The molecule has 2 aromatic rings. The average molecular weight is 417 g/mol. The maximum absolute atomic E-state index is 12.4. The predicted octanol–water partition coefficient (Wildman–Crippen LogP) is 3.12. The fourth-order valence-corrected chi connectivity index (χ4v) is 4.67. The molecule has 1 aliphatic rings. The minimum atomic E-state index is -3.51. The number of aryl methyl sites for hydroxylation is 1. The minimum Gasteiger partial charge on any atom is -0.494 e. The Morgan fingerprint density at radius 3 is 2.38 bits per heavy atom. The van der Waals surface area contributed by atoms with Crippen molar-refractivity contribution in [3.05, 3.63) is 60.2 Å². The summed E-state index contributed by atoms with van der Waals surface area (Å²) in [5.41, 5.74) is 1.18. The van der Waals surface area contributed by atoms with Crippen molar-refractivity contribution in [3.63, 3.8) is 0 Å². The SMILES string of the molecule is Cc1ccc(OCCCC(=O)N2CCC(NS(=O)(=O)c3ccccc3)CC2)cc1. The van der Waals surface area contributed by atoms with E-state index in [1.807, 2.05) is 36.1 Å². The van der Waals surface area contributed by atoms with Gasteiger partial charge in [-0.3, -0.25) is 4.79 Å². The molecule has 29 heavy (non-hydrogen) atoms. The number of hydrogen-bond acceptors (Lipinski definition) is 4. The lowest BCUT2D eigenvalue weighted by molar-refractivity contribution is -0.132. The first kappa shape index (κ1) is 21.3. The third kappa shape index (κ3) is 6.30. The maximum Gasteiger partial charge on any atom is 0.240 e. The molecule has 156 valence electrons. The van der Waals surface area contributed by atoms with Gasteiger partial charge in [0.15, 0.2) is 0 Å². The van der Waals surface area contributed by atoms with Crippen molar-refractivity contribution < 1.29 is 17.9 Å². The molecular formula is C22H28N2O4S. The first-order valence-electron chi connectivity index (χ1n) is 9.99. The fraction of sp³-hybridized carbons (Fsp3) is 0.409. The molecule has 0 aromatic heterocycles. The second kappa shape index (κ2) is 9.89. The van der Waals surface area contributed by atoms with Crippen LogP contribution >= 0.6 is 0 Å². The van der Waals surface area contributed by atoms with Crippen molar-refractivity contribution in [2.75, 3.05) is 19.7 Å². The Morgan fingerprint density at radius 1 is 1.07 bits per heavy atom. The van der Waals surface area contributed by atoms with E-state index in [0.29, 0.717) is 45.4 Å². The van der Waals surface area contributed by atoms with Gasteiger partial charge in [0.25, 0.3) is 0 Å². The molecule has 3 rings (SSSR count). The zero-order chi connectivity index (χ0) is 20.7. The van der Waals surface area contributed by atoms with Crippen LogP contribution in [0.4, 0.5) is 0 Å². The summed E-state index contributed by atoms with van der Waals surface area (Å²) in [6, 6.07) is 16.1. The van der Waals surface area contributed by atoms with E-state index in [4.69, 9.17) is 4.74 Å². The van der Waals surface area contributed by atoms with Gasteiger partial charge in [-0.1, -0.05) is 35.9 Å². The largest absolute Gasteiger partial charge is 0.494 e. The first-order chi connectivity index (χ1) is 13.9. The van der Waals surface area contributed by atoms with Crippen molar-refractivity contribution in [2.45, 2.75) is 43.5 Å². The van der Waals surface area contributed by atoms with E-state index in [2.05, 4.69) is 4.72 Å². The molecule has 0 aliphatic carbocycles. The van der Waals surface area contributed by atoms with Crippen LogP contribution < -0.4 is 9.46 Å². The quantitative estimate of drug-likeness (QED) is 0.671. The van der Waals surface area contributed by atoms with E-state index in [1.54, 1.807) is 30.3 Å². The molecule has 0 radical (unpaired) electrons. The van der Waals surface area contributed by atoms with E-state index in [1.165, 1.54) is 5.56 Å². The Bertz CT molecular complexity index is 890. The van der Waals surface area contributed by atoms with Crippen molar-refractivity contribution in [3.8, 4) is 5.75 Å².